The summed E-state index contributed by atoms with van der Waals surface area (Å²) in [5.74, 6) is -0.208. The zero-order valence-corrected chi connectivity index (χ0v) is 13.5. The van der Waals surface area contributed by atoms with Gasteiger partial charge in [-0.2, -0.15) is 0 Å². The van der Waals surface area contributed by atoms with Gasteiger partial charge in [-0.05, 0) is 38.1 Å². The van der Waals surface area contributed by atoms with Crippen LogP contribution in [-0.2, 0) is 10.0 Å². The minimum absolute atomic E-state index is 0.160. The van der Waals surface area contributed by atoms with E-state index in [-0.39, 0.29) is 22.1 Å². The monoisotopic (exact) mass is 318 g/mol. The third kappa shape index (κ3) is 2.82. The maximum atomic E-state index is 12.7. The van der Waals surface area contributed by atoms with E-state index >= 15 is 0 Å². The van der Waals surface area contributed by atoms with Gasteiger partial charge in [0.15, 0.2) is 5.78 Å². The summed E-state index contributed by atoms with van der Waals surface area (Å²) < 4.78 is 26.4. The SMILES string of the molecule is CC(=O)c1cccc(N(C)S(=O)(=O)c2ccc(C)cc2)c1N. The molecule has 0 radical (unpaired) electrons. The van der Waals surface area contributed by atoms with E-state index < -0.39 is 10.0 Å². The highest BCUT2D eigenvalue weighted by Gasteiger charge is 2.24. The first-order chi connectivity index (χ1) is 10.2. The van der Waals surface area contributed by atoms with Gasteiger partial charge in [0.25, 0.3) is 10.0 Å². The summed E-state index contributed by atoms with van der Waals surface area (Å²) in [6.45, 7) is 3.28. The lowest BCUT2D eigenvalue weighted by Crippen LogP contribution is -2.27. The van der Waals surface area contributed by atoms with E-state index in [0.29, 0.717) is 5.56 Å². The first-order valence-electron chi connectivity index (χ1n) is 6.70. The van der Waals surface area contributed by atoms with Crippen molar-refractivity contribution in [3.8, 4) is 0 Å². The lowest BCUT2D eigenvalue weighted by Gasteiger charge is -2.22. The Labute approximate surface area is 130 Å². The second-order valence-electron chi connectivity index (χ2n) is 5.08. The van der Waals surface area contributed by atoms with Crippen LogP contribution in [0.25, 0.3) is 0 Å². The lowest BCUT2D eigenvalue weighted by molar-refractivity contribution is 0.101. The number of nitrogens with zero attached hydrogens (tertiary/aromatic N) is 1. The van der Waals surface area contributed by atoms with Gasteiger partial charge in [-0.15, -0.1) is 0 Å². The van der Waals surface area contributed by atoms with Crippen molar-refractivity contribution in [2.75, 3.05) is 17.1 Å². The van der Waals surface area contributed by atoms with Crippen molar-refractivity contribution in [2.45, 2.75) is 18.7 Å². The molecular weight excluding hydrogens is 300 g/mol. The van der Waals surface area contributed by atoms with E-state index in [9.17, 15) is 13.2 Å². The van der Waals surface area contributed by atoms with Crippen molar-refractivity contribution in [3.05, 3.63) is 53.6 Å². The fraction of sp³-hybridized carbons (Fsp3) is 0.188. The van der Waals surface area contributed by atoms with Crippen molar-refractivity contribution >= 4 is 27.2 Å². The molecule has 0 amide bonds. The second kappa shape index (κ2) is 5.81. The molecule has 2 aromatic rings. The molecule has 2 rings (SSSR count). The van der Waals surface area contributed by atoms with Crippen molar-refractivity contribution in [1.29, 1.82) is 0 Å². The number of sulfonamides is 1. The number of nitrogens with two attached hydrogens (primary N) is 1. The summed E-state index contributed by atoms with van der Waals surface area (Å²) in [5.41, 5.74) is 7.68. The average molecular weight is 318 g/mol. The Kier molecular flexibility index (Phi) is 4.23. The summed E-state index contributed by atoms with van der Waals surface area (Å²) in [7, 11) is -2.31. The number of hydrogen-bond acceptors (Lipinski definition) is 4. The van der Waals surface area contributed by atoms with Gasteiger partial charge in [-0.3, -0.25) is 9.10 Å². The zero-order chi connectivity index (χ0) is 16.5. The number of anilines is 2. The van der Waals surface area contributed by atoms with Crippen molar-refractivity contribution in [3.63, 3.8) is 0 Å². The minimum atomic E-state index is -3.73. The number of Topliss-reactive ketones (excluding diaryl/α,β-unsaturated/α-hetero) is 1. The number of rotatable bonds is 4. The van der Waals surface area contributed by atoms with E-state index in [4.69, 9.17) is 5.73 Å². The molecule has 0 aromatic heterocycles. The van der Waals surface area contributed by atoms with Crippen LogP contribution in [0.4, 0.5) is 11.4 Å². The van der Waals surface area contributed by atoms with Crippen LogP contribution < -0.4 is 10.0 Å². The number of carbonyl (C=O) groups is 1. The van der Waals surface area contributed by atoms with Gasteiger partial charge in [-0.1, -0.05) is 23.8 Å². The Morgan fingerprint density at radius 2 is 1.68 bits per heavy atom. The van der Waals surface area contributed by atoms with Gasteiger partial charge in [0, 0.05) is 12.6 Å². The first-order valence-corrected chi connectivity index (χ1v) is 8.14. The smallest absolute Gasteiger partial charge is 0.264 e. The molecule has 2 aromatic carbocycles. The summed E-state index contributed by atoms with van der Waals surface area (Å²) >= 11 is 0. The van der Waals surface area contributed by atoms with Crippen LogP contribution in [0.1, 0.15) is 22.8 Å². The molecular formula is C16H18N2O3S. The molecule has 0 spiro atoms. The van der Waals surface area contributed by atoms with Gasteiger partial charge in [0.2, 0.25) is 0 Å². The van der Waals surface area contributed by atoms with Crippen LogP contribution in [0.2, 0.25) is 0 Å². The van der Waals surface area contributed by atoms with Crippen LogP contribution >= 0.6 is 0 Å². The molecule has 0 unspecified atom stereocenters. The molecule has 0 aliphatic carbocycles. The van der Waals surface area contributed by atoms with E-state index in [0.717, 1.165) is 9.87 Å². The third-order valence-corrected chi connectivity index (χ3v) is 5.27. The Bertz CT molecular complexity index is 812. The van der Waals surface area contributed by atoms with Crippen molar-refractivity contribution < 1.29 is 13.2 Å². The second-order valence-corrected chi connectivity index (χ2v) is 7.05. The molecule has 0 fully saturated rings. The molecule has 2 N–H and O–H groups in total. The van der Waals surface area contributed by atoms with Crippen LogP contribution in [0, 0.1) is 6.92 Å². The lowest BCUT2D eigenvalue weighted by atomic mass is 10.1. The molecule has 22 heavy (non-hydrogen) atoms. The molecule has 5 nitrogen and oxygen atoms in total. The molecule has 0 atom stereocenters. The Balaban J connectivity index is 2.52. The van der Waals surface area contributed by atoms with E-state index in [1.54, 1.807) is 42.5 Å². The van der Waals surface area contributed by atoms with Gasteiger partial charge < -0.3 is 5.73 Å². The maximum Gasteiger partial charge on any atom is 0.264 e. The van der Waals surface area contributed by atoms with Crippen LogP contribution in [-0.4, -0.2) is 21.2 Å². The average Bonchev–Trinajstić information content (AvgIpc) is 2.47. The number of carbonyl (C=O) groups excluding carboxylic acids is 1. The molecule has 0 heterocycles. The highest BCUT2D eigenvalue weighted by molar-refractivity contribution is 7.92. The van der Waals surface area contributed by atoms with Gasteiger partial charge in [-0.25, -0.2) is 8.42 Å². The number of nitrogen functional groups attached to an aromatic ring is 1. The van der Waals surface area contributed by atoms with Crippen molar-refractivity contribution in [2.24, 2.45) is 0 Å². The number of ketones is 1. The van der Waals surface area contributed by atoms with Crippen molar-refractivity contribution in [1.82, 2.24) is 0 Å². The fourth-order valence-electron chi connectivity index (χ4n) is 2.13. The largest absolute Gasteiger partial charge is 0.396 e. The summed E-state index contributed by atoms with van der Waals surface area (Å²) in [6, 6.07) is 11.3. The topological polar surface area (TPSA) is 80.5 Å². The van der Waals surface area contributed by atoms with Crippen LogP contribution in [0.3, 0.4) is 0 Å². The zero-order valence-electron chi connectivity index (χ0n) is 12.7. The predicted molar refractivity (Wildman–Crippen MR) is 87.6 cm³/mol. The third-order valence-electron chi connectivity index (χ3n) is 3.48. The number of hydrogen-bond donors (Lipinski definition) is 1. The number of aryl methyl sites for hydroxylation is 1. The Morgan fingerprint density at radius 3 is 2.23 bits per heavy atom. The molecule has 0 aliphatic rings. The van der Waals surface area contributed by atoms with Crippen LogP contribution in [0.5, 0.6) is 0 Å². The maximum absolute atomic E-state index is 12.7. The predicted octanol–water partition coefficient (Wildman–Crippen LogP) is 2.60. The standard InChI is InChI=1S/C16H18N2O3S/c1-11-7-9-13(10-8-11)22(20,21)18(3)15-6-4-5-14(12(2)19)16(15)17/h4-10H,17H2,1-3H3. The van der Waals surface area contributed by atoms with Gasteiger partial charge in [0.1, 0.15) is 0 Å². The molecule has 0 saturated heterocycles. The van der Waals surface area contributed by atoms with Gasteiger partial charge >= 0.3 is 0 Å². The Morgan fingerprint density at radius 1 is 1.09 bits per heavy atom. The number of benzene rings is 2. The summed E-state index contributed by atoms with van der Waals surface area (Å²) in [4.78, 5) is 11.7. The van der Waals surface area contributed by atoms with Crippen LogP contribution in [0.15, 0.2) is 47.4 Å². The molecule has 0 saturated carbocycles. The molecule has 116 valence electrons. The van der Waals surface area contributed by atoms with E-state index in [1.165, 1.54) is 14.0 Å². The summed E-state index contributed by atoms with van der Waals surface area (Å²) in [5, 5.41) is 0. The Hall–Kier alpha value is -2.34. The van der Waals surface area contributed by atoms with E-state index in [1.807, 2.05) is 6.92 Å². The molecule has 0 aliphatic heterocycles. The highest BCUT2D eigenvalue weighted by Crippen LogP contribution is 2.30. The minimum Gasteiger partial charge on any atom is -0.396 e. The quantitative estimate of drug-likeness (QED) is 0.694. The number of para-hydroxylation sites is 1. The highest BCUT2D eigenvalue weighted by atomic mass is 32.2. The van der Waals surface area contributed by atoms with E-state index in [2.05, 4.69) is 0 Å². The first kappa shape index (κ1) is 16.0. The molecule has 6 heteroatoms. The van der Waals surface area contributed by atoms with Gasteiger partial charge in [0.05, 0.1) is 16.3 Å². The molecule has 0 bridgehead atoms. The normalized spacial score (nSPS) is 11.2. The fourth-order valence-corrected chi connectivity index (χ4v) is 3.35. The summed E-state index contributed by atoms with van der Waals surface area (Å²) in [6.07, 6.45) is 0.